The number of nitrogens with zero attached hydrogens (tertiary/aromatic N) is 1. The van der Waals surface area contributed by atoms with Crippen molar-refractivity contribution in [3.8, 4) is 0 Å². The molecule has 1 aromatic carbocycles. The van der Waals surface area contributed by atoms with Crippen LogP contribution in [0.5, 0.6) is 0 Å². The van der Waals surface area contributed by atoms with E-state index in [4.69, 9.17) is 0 Å². The molecule has 0 saturated carbocycles. The third kappa shape index (κ3) is 6.01. The summed E-state index contributed by atoms with van der Waals surface area (Å²) < 4.78 is 0. The molecule has 114 valence electrons. The number of nitrogens with one attached hydrogen (secondary N) is 1. The lowest BCUT2D eigenvalue weighted by Crippen LogP contribution is -2.31. The quantitative estimate of drug-likeness (QED) is 0.747. The fourth-order valence-electron chi connectivity index (χ4n) is 1.98. The van der Waals surface area contributed by atoms with Gasteiger partial charge in [-0.05, 0) is 5.56 Å². The van der Waals surface area contributed by atoms with E-state index in [-0.39, 0.29) is 11.1 Å². The number of thioether (sulfide) groups is 2. The van der Waals surface area contributed by atoms with E-state index in [2.05, 4.69) is 17.4 Å². The molecule has 1 saturated heterocycles. The minimum atomic E-state index is 0.0278. The normalized spacial score (nSPS) is 14.5. The molecule has 1 N–H and O–H groups in total. The maximum absolute atomic E-state index is 11.7. The van der Waals surface area contributed by atoms with Crippen molar-refractivity contribution < 1.29 is 9.59 Å². The predicted octanol–water partition coefficient (Wildman–Crippen LogP) is 2.59. The predicted molar refractivity (Wildman–Crippen MR) is 89.7 cm³/mol. The molecular weight excluding hydrogens is 304 g/mol. The number of hydrogen-bond acceptors (Lipinski definition) is 4. The summed E-state index contributed by atoms with van der Waals surface area (Å²) in [6, 6.07) is 10.3. The van der Waals surface area contributed by atoms with Gasteiger partial charge in [0.2, 0.25) is 5.91 Å². The average molecular weight is 324 g/mol. The Hall–Kier alpha value is -1.14. The minimum absolute atomic E-state index is 0.0278. The molecule has 0 atom stereocenters. The molecule has 0 spiro atoms. The van der Waals surface area contributed by atoms with Crippen LogP contribution < -0.4 is 5.32 Å². The van der Waals surface area contributed by atoms with Gasteiger partial charge in [0.25, 0.3) is 5.24 Å². The molecule has 1 aromatic rings. The third-order valence-electron chi connectivity index (χ3n) is 3.13. The first kappa shape index (κ1) is 16.2. The van der Waals surface area contributed by atoms with Crippen molar-refractivity contribution in [2.75, 3.05) is 31.1 Å². The van der Waals surface area contributed by atoms with Gasteiger partial charge >= 0.3 is 0 Å². The summed E-state index contributed by atoms with van der Waals surface area (Å²) in [5, 5.41) is 3.00. The van der Waals surface area contributed by atoms with Crippen LogP contribution in [0.15, 0.2) is 30.3 Å². The SMILES string of the molecule is O=C(CCN1CCSC1=O)NCCSCc1ccccc1. The van der Waals surface area contributed by atoms with Crippen LogP contribution in [0.1, 0.15) is 12.0 Å². The number of amides is 2. The Kier molecular flexibility index (Phi) is 6.95. The highest BCUT2D eigenvalue weighted by Crippen LogP contribution is 2.17. The van der Waals surface area contributed by atoms with Gasteiger partial charge in [0, 0.05) is 43.3 Å². The molecule has 0 radical (unpaired) electrons. The number of rotatable bonds is 8. The smallest absolute Gasteiger partial charge is 0.281 e. The molecule has 1 heterocycles. The highest BCUT2D eigenvalue weighted by Gasteiger charge is 2.21. The van der Waals surface area contributed by atoms with Crippen molar-refractivity contribution in [3.05, 3.63) is 35.9 Å². The van der Waals surface area contributed by atoms with E-state index in [9.17, 15) is 9.59 Å². The Morgan fingerprint density at radius 1 is 1.33 bits per heavy atom. The fourth-order valence-corrected chi connectivity index (χ4v) is 3.65. The van der Waals surface area contributed by atoms with Crippen LogP contribution in [0.25, 0.3) is 0 Å². The highest BCUT2D eigenvalue weighted by molar-refractivity contribution is 8.13. The molecule has 1 aliphatic rings. The second kappa shape index (κ2) is 9.00. The van der Waals surface area contributed by atoms with Crippen LogP contribution in [0.2, 0.25) is 0 Å². The van der Waals surface area contributed by atoms with Crippen LogP contribution in [0.4, 0.5) is 4.79 Å². The largest absolute Gasteiger partial charge is 0.355 e. The first-order chi connectivity index (χ1) is 10.3. The molecule has 0 bridgehead atoms. The molecule has 0 aliphatic carbocycles. The summed E-state index contributed by atoms with van der Waals surface area (Å²) in [5.41, 5.74) is 1.30. The first-order valence-corrected chi connectivity index (χ1v) is 9.20. The van der Waals surface area contributed by atoms with E-state index >= 15 is 0 Å². The zero-order chi connectivity index (χ0) is 14.9. The van der Waals surface area contributed by atoms with E-state index in [0.717, 1.165) is 23.8 Å². The van der Waals surface area contributed by atoms with E-state index < -0.39 is 0 Å². The zero-order valence-corrected chi connectivity index (χ0v) is 13.5. The Morgan fingerprint density at radius 3 is 2.86 bits per heavy atom. The molecule has 2 amide bonds. The second-order valence-electron chi connectivity index (χ2n) is 4.74. The molecule has 21 heavy (non-hydrogen) atoms. The molecule has 2 rings (SSSR count). The van der Waals surface area contributed by atoms with Crippen molar-refractivity contribution in [3.63, 3.8) is 0 Å². The van der Waals surface area contributed by atoms with Crippen LogP contribution in [-0.2, 0) is 10.5 Å². The lowest BCUT2D eigenvalue weighted by atomic mass is 10.2. The first-order valence-electron chi connectivity index (χ1n) is 7.06. The molecule has 1 fully saturated rings. The number of carbonyl (C=O) groups excluding carboxylic acids is 2. The van der Waals surface area contributed by atoms with Gasteiger partial charge in [-0.15, -0.1) is 0 Å². The van der Waals surface area contributed by atoms with E-state index in [1.807, 2.05) is 30.0 Å². The van der Waals surface area contributed by atoms with E-state index in [0.29, 0.717) is 19.5 Å². The Bertz CT molecular complexity index is 468. The Labute approximate surface area is 134 Å². The molecule has 0 aromatic heterocycles. The van der Waals surface area contributed by atoms with E-state index in [1.165, 1.54) is 17.3 Å². The van der Waals surface area contributed by atoms with Crippen molar-refractivity contribution in [2.24, 2.45) is 0 Å². The lowest BCUT2D eigenvalue weighted by Gasteiger charge is -2.13. The van der Waals surface area contributed by atoms with Crippen LogP contribution in [0.3, 0.4) is 0 Å². The number of carbonyl (C=O) groups is 2. The summed E-state index contributed by atoms with van der Waals surface area (Å²) in [6.45, 7) is 1.98. The van der Waals surface area contributed by atoms with Crippen molar-refractivity contribution >= 4 is 34.7 Å². The monoisotopic (exact) mass is 324 g/mol. The molecule has 1 aliphatic heterocycles. The van der Waals surface area contributed by atoms with Crippen LogP contribution in [0, 0.1) is 0 Å². The number of hydrogen-bond donors (Lipinski definition) is 1. The summed E-state index contributed by atoms with van der Waals surface area (Å²) in [4.78, 5) is 24.8. The van der Waals surface area contributed by atoms with Gasteiger partial charge in [0.1, 0.15) is 0 Å². The van der Waals surface area contributed by atoms with Gasteiger partial charge in [-0.25, -0.2) is 0 Å². The summed E-state index contributed by atoms with van der Waals surface area (Å²) in [7, 11) is 0. The summed E-state index contributed by atoms with van der Waals surface area (Å²) in [6.07, 6.45) is 0.398. The van der Waals surface area contributed by atoms with Crippen LogP contribution in [-0.4, -0.2) is 47.2 Å². The second-order valence-corrected chi connectivity index (χ2v) is 6.89. The standard InChI is InChI=1S/C15H20N2O2S2/c18-14(6-8-17-9-11-21-15(17)19)16-7-10-20-12-13-4-2-1-3-5-13/h1-5H,6-12H2,(H,16,18). The molecule has 6 heteroatoms. The van der Waals surface area contributed by atoms with Gasteiger partial charge in [-0.3, -0.25) is 9.59 Å². The fraction of sp³-hybridized carbons (Fsp3) is 0.467. The Morgan fingerprint density at radius 2 is 2.14 bits per heavy atom. The maximum atomic E-state index is 11.7. The molecular formula is C15H20N2O2S2. The van der Waals surface area contributed by atoms with Gasteiger partial charge < -0.3 is 10.2 Å². The minimum Gasteiger partial charge on any atom is -0.355 e. The molecule has 0 unspecified atom stereocenters. The van der Waals surface area contributed by atoms with Crippen molar-refractivity contribution in [1.29, 1.82) is 0 Å². The van der Waals surface area contributed by atoms with E-state index in [1.54, 1.807) is 4.90 Å². The molecule has 4 nitrogen and oxygen atoms in total. The average Bonchev–Trinajstić information content (AvgIpc) is 2.91. The summed E-state index contributed by atoms with van der Waals surface area (Å²) >= 11 is 3.14. The van der Waals surface area contributed by atoms with Crippen molar-refractivity contribution in [2.45, 2.75) is 12.2 Å². The Balaban J connectivity index is 1.50. The number of benzene rings is 1. The maximum Gasteiger partial charge on any atom is 0.281 e. The van der Waals surface area contributed by atoms with Gasteiger partial charge in [-0.1, -0.05) is 42.1 Å². The zero-order valence-electron chi connectivity index (χ0n) is 11.9. The van der Waals surface area contributed by atoms with Gasteiger partial charge in [-0.2, -0.15) is 11.8 Å². The topological polar surface area (TPSA) is 49.4 Å². The third-order valence-corrected chi connectivity index (χ3v) is 5.06. The van der Waals surface area contributed by atoms with Gasteiger partial charge in [0.15, 0.2) is 0 Å². The van der Waals surface area contributed by atoms with Crippen molar-refractivity contribution in [1.82, 2.24) is 10.2 Å². The lowest BCUT2D eigenvalue weighted by molar-refractivity contribution is -0.121. The highest BCUT2D eigenvalue weighted by atomic mass is 32.2. The van der Waals surface area contributed by atoms with Gasteiger partial charge in [0.05, 0.1) is 0 Å². The summed E-state index contributed by atoms with van der Waals surface area (Å²) in [5.74, 6) is 2.74. The van der Waals surface area contributed by atoms with Crippen LogP contribution >= 0.6 is 23.5 Å².